The molecule has 0 aromatic carbocycles. The van der Waals surface area contributed by atoms with Crippen LogP contribution in [0.5, 0.6) is 0 Å². The molecule has 1 fully saturated rings. The maximum atomic E-state index is 9.26. The number of nitrogens with zero attached hydrogens (tertiary/aromatic N) is 3. The summed E-state index contributed by atoms with van der Waals surface area (Å²) in [6.45, 7) is 3.20. The van der Waals surface area contributed by atoms with Crippen molar-refractivity contribution in [2.75, 3.05) is 0 Å². The molecule has 0 saturated heterocycles. The zero-order valence-electron chi connectivity index (χ0n) is 10.7. The van der Waals surface area contributed by atoms with Crippen LogP contribution in [-0.2, 0) is 19.6 Å². The summed E-state index contributed by atoms with van der Waals surface area (Å²) in [5.41, 5.74) is 1.96. The Morgan fingerprint density at radius 2 is 2.12 bits per heavy atom. The molecule has 0 atom stereocenters. The molecule has 17 heavy (non-hydrogen) atoms. The van der Waals surface area contributed by atoms with Gasteiger partial charge in [0.15, 0.2) is 0 Å². The van der Waals surface area contributed by atoms with E-state index in [-0.39, 0.29) is 6.61 Å². The Hall–Kier alpha value is -0.900. The molecule has 0 bridgehead atoms. The van der Waals surface area contributed by atoms with E-state index in [0.29, 0.717) is 0 Å². The van der Waals surface area contributed by atoms with Gasteiger partial charge in [-0.1, -0.05) is 31.4 Å². The normalized spacial score (nSPS) is 15.4. The van der Waals surface area contributed by atoms with E-state index in [1.807, 2.05) is 4.68 Å². The molecule has 4 nitrogen and oxygen atoms in total. The molecule has 2 rings (SSSR count). The Bertz CT molecular complexity index is 344. The molecule has 1 aliphatic rings. The highest BCUT2D eigenvalue weighted by Crippen LogP contribution is 2.33. The van der Waals surface area contributed by atoms with Crippen LogP contribution in [0.1, 0.15) is 56.8 Å². The van der Waals surface area contributed by atoms with E-state index in [1.165, 1.54) is 44.2 Å². The van der Waals surface area contributed by atoms with Crippen LogP contribution in [-0.4, -0.2) is 20.1 Å². The summed E-state index contributed by atoms with van der Waals surface area (Å²) >= 11 is 0. The lowest BCUT2D eigenvalue weighted by Crippen LogP contribution is -2.07. The minimum Gasteiger partial charge on any atom is -0.390 e. The molecule has 96 valence electrons. The lowest BCUT2D eigenvalue weighted by molar-refractivity contribution is 0.275. The van der Waals surface area contributed by atoms with Gasteiger partial charge in [0.2, 0.25) is 0 Å². The Labute approximate surface area is 103 Å². The third-order valence-corrected chi connectivity index (χ3v) is 3.47. The summed E-state index contributed by atoms with van der Waals surface area (Å²) in [5.74, 6) is 0.813. The first kappa shape index (κ1) is 12.6. The van der Waals surface area contributed by atoms with E-state index >= 15 is 0 Å². The number of rotatable bonds is 8. The van der Waals surface area contributed by atoms with Crippen molar-refractivity contribution in [1.82, 2.24) is 15.0 Å². The smallest absolute Gasteiger partial charge is 0.111 e. The fourth-order valence-corrected chi connectivity index (χ4v) is 2.18. The minimum atomic E-state index is 0.0248. The average Bonchev–Trinajstić information content (AvgIpc) is 3.07. The van der Waals surface area contributed by atoms with Crippen LogP contribution >= 0.6 is 0 Å². The molecule has 0 spiro atoms. The summed E-state index contributed by atoms with van der Waals surface area (Å²) in [5, 5.41) is 17.5. The zero-order valence-corrected chi connectivity index (χ0v) is 10.7. The second kappa shape index (κ2) is 6.15. The first-order chi connectivity index (χ1) is 8.35. The lowest BCUT2D eigenvalue weighted by atomic mass is 10.1. The van der Waals surface area contributed by atoms with E-state index in [2.05, 4.69) is 17.2 Å². The maximum Gasteiger partial charge on any atom is 0.111 e. The Morgan fingerprint density at radius 1 is 1.29 bits per heavy atom. The quantitative estimate of drug-likeness (QED) is 0.706. The van der Waals surface area contributed by atoms with Crippen molar-refractivity contribution in [3.05, 3.63) is 11.4 Å². The van der Waals surface area contributed by atoms with E-state index < -0.39 is 0 Å². The van der Waals surface area contributed by atoms with Gasteiger partial charge in [0, 0.05) is 6.54 Å². The molecule has 0 radical (unpaired) electrons. The van der Waals surface area contributed by atoms with Gasteiger partial charge < -0.3 is 5.11 Å². The predicted octanol–water partition coefficient (Wildman–Crippen LogP) is 2.30. The first-order valence-corrected chi connectivity index (χ1v) is 6.87. The summed E-state index contributed by atoms with van der Waals surface area (Å²) in [6, 6.07) is 0. The molecular weight excluding hydrogens is 214 g/mol. The van der Waals surface area contributed by atoms with Gasteiger partial charge in [-0.15, -0.1) is 5.10 Å². The fourth-order valence-electron chi connectivity index (χ4n) is 2.18. The number of aliphatic hydroxyl groups excluding tert-OH is 1. The van der Waals surface area contributed by atoms with Crippen LogP contribution in [0.4, 0.5) is 0 Å². The fraction of sp³-hybridized carbons (Fsp3) is 0.846. The highest BCUT2D eigenvalue weighted by molar-refractivity contribution is 5.11. The number of aryl methyl sites for hydroxylation is 1. The van der Waals surface area contributed by atoms with Crippen LogP contribution in [0.2, 0.25) is 0 Å². The molecular formula is C13H23N3O. The SMILES string of the molecule is CCCCCCn1nnc(CO)c1CC1CC1. The van der Waals surface area contributed by atoms with Crippen LogP contribution in [0.15, 0.2) is 0 Å². The molecule has 1 aromatic rings. The molecule has 1 N–H and O–H groups in total. The molecule has 1 aromatic heterocycles. The average molecular weight is 237 g/mol. The van der Waals surface area contributed by atoms with Crippen LogP contribution < -0.4 is 0 Å². The van der Waals surface area contributed by atoms with Gasteiger partial charge in [0.05, 0.1) is 12.3 Å². The van der Waals surface area contributed by atoms with Gasteiger partial charge in [-0.25, -0.2) is 4.68 Å². The minimum absolute atomic E-state index is 0.0248. The highest BCUT2D eigenvalue weighted by atomic mass is 16.3. The summed E-state index contributed by atoms with van der Waals surface area (Å²) in [6.07, 6.45) is 8.68. The molecule has 0 aliphatic heterocycles. The molecule has 1 aliphatic carbocycles. The van der Waals surface area contributed by atoms with E-state index in [4.69, 9.17) is 0 Å². The highest BCUT2D eigenvalue weighted by Gasteiger charge is 2.25. The second-order valence-electron chi connectivity index (χ2n) is 5.07. The van der Waals surface area contributed by atoms with Crippen LogP contribution in [0.25, 0.3) is 0 Å². The molecule has 4 heteroatoms. The second-order valence-corrected chi connectivity index (χ2v) is 5.07. The lowest BCUT2D eigenvalue weighted by Gasteiger charge is -2.06. The molecule has 0 amide bonds. The maximum absolute atomic E-state index is 9.26. The van der Waals surface area contributed by atoms with Gasteiger partial charge >= 0.3 is 0 Å². The van der Waals surface area contributed by atoms with Gasteiger partial charge in [-0.2, -0.15) is 0 Å². The number of aromatic nitrogens is 3. The van der Waals surface area contributed by atoms with Crippen molar-refractivity contribution in [2.24, 2.45) is 5.92 Å². The van der Waals surface area contributed by atoms with E-state index in [0.717, 1.165) is 24.6 Å². The van der Waals surface area contributed by atoms with Gasteiger partial charge in [0.1, 0.15) is 5.69 Å². The van der Waals surface area contributed by atoms with Crippen LogP contribution in [0.3, 0.4) is 0 Å². The Kier molecular flexibility index (Phi) is 4.54. The van der Waals surface area contributed by atoms with Crippen molar-refractivity contribution < 1.29 is 5.11 Å². The topological polar surface area (TPSA) is 50.9 Å². The largest absolute Gasteiger partial charge is 0.390 e. The van der Waals surface area contributed by atoms with Crippen molar-refractivity contribution in [1.29, 1.82) is 0 Å². The molecule has 0 unspecified atom stereocenters. The summed E-state index contributed by atoms with van der Waals surface area (Å²) in [4.78, 5) is 0. The van der Waals surface area contributed by atoms with Gasteiger partial charge in [0.25, 0.3) is 0 Å². The van der Waals surface area contributed by atoms with Crippen molar-refractivity contribution in [2.45, 2.75) is 65.0 Å². The van der Waals surface area contributed by atoms with Crippen molar-refractivity contribution in [3.8, 4) is 0 Å². The number of hydrogen-bond acceptors (Lipinski definition) is 3. The Morgan fingerprint density at radius 3 is 2.76 bits per heavy atom. The summed E-state index contributed by atoms with van der Waals surface area (Å²) in [7, 11) is 0. The zero-order chi connectivity index (χ0) is 12.1. The third kappa shape index (κ3) is 3.53. The third-order valence-electron chi connectivity index (χ3n) is 3.47. The first-order valence-electron chi connectivity index (χ1n) is 6.87. The number of hydrogen-bond donors (Lipinski definition) is 1. The number of unbranched alkanes of at least 4 members (excludes halogenated alkanes) is 3. The predicted molar refractivity (Wildman–Crippen MR) is 66.5 cm³/mol. The Balaban J connectivity index is 1.91. The summed E-state index contributed by atoms with van der Waals surface area (Å²) < 4.78 is 2.01. The van der Waals surface area contributed by atoms with Gasteiger partial charge in [-0.05, 0) is 31.6 Å². The standard InChI is InChI=1S/C13H23N3O/c1-2-3-4-5-8-16-13(9-11-6-7-11)12(10-17)14-15-16/h11,17H,2-10H2,1H3. The van der Waals surface area contributed by atoms with Gasteiger partial charge in [-0.3, -0.25) is 0 Å². The van der Waals surface area contributed by atoms with Crippen molar-refractivity contribution >= 4 is 0 Å². The van der Waals surface area contributed by atoms with Crippen molar-refractivity contribution in [3.63, 3.8) is 0 Å². The van der Waals surface area contributed by atoms with E-state index in [1.54, 1.807) is 0 Å². The van der Waals surface area contributed by atoms with E-state index in [9.17, 15) is 5.11 Å². The van der Waals surface area contributed by atoms with Crippen LogP contribution in [0, 0.1) is 5.92 Å². The molecule has 1 heterocycles. The molecule has 1 saturated carbocycles. The number of aliphatic hydroxyl groups is 1. The monoisotopic (exact) mass is 237 g/mol.